The first-order valence-corrected chi connectivity index (χ1v) is 7.37. The Balaban J connectivity index is 0.000000191. The molecule has 0 aliphatic carbocycles. The van der Waals surface area contributed by atoms with Gasteiger partial charge in [0.1, 0.15) is 0 Å². The van der Waals surface area contributed by atoms with E-state index < -0.39 is 0 Å². The van der Waals surface area contributed by atoms with Crippen LogP contribution >= 0.6 is 27.5 Å². The molecule has 0 bridgehead atoms. The number of aryl methyl sites for hydroxylation is 2. The van der Waals surface area contributed by atoms with Crippen LogP contribution in [0, 0.1) is 13.8 Å². The quantitative estimate of drug-likeness (QED) is 0.763. The lowest BCUT2D eigenvalue weighted by Gasteiger charge is -1.99. The lowest BCUT2D eigenvalue weighted by molar-refractivity contribution is 0.282. The fourth-order valence-corrected chi connectivity index (χ4v) is 2.48. The largest absolute Gasteiger partial charge is 0.392 e. The van der Waals surface area contributed by atoms with Crippen LogP contribution in [0.1, 0.15) is 22.3 Å². The van der Waals surface area contributed by atoms with Gasteiger partial charge in [-0.2, -0.15) is 0 Å². The van der Waals surface area contributed by atoms with Crippen LogP contribution in [0.3, 0.4) is 0 Å². The fourth-order valence-electron chi connectivity index (χ4n) is 1.45. The second kappa shape index (κ2) is 8.36. The van der Waals surface area contributed by atoms with E-state index in [1.165, 1.54) is 11.1 Å². The van der Waals surface area contributed by atoms with Gasteiger partial charge in [0.2, 0.25) is 0 Å². The van der Waals surface area contributed by atoms with E-state index in [-0.39, 0.29) is 6.61 Å². The summed E-state index contributed by atoms with van der Waals surface area (Å²) in [7, 11) is 0. The second-order valence-corrected chi connectivity index (χ2v) is 5.49. The van der Waals surface area contributed by atoms with Gasteiger partial charge in [-0.3, -0.25) is 0 Å². The number of aliphatic hydroxyl groups excluding tert-OH is 1. The van der Waals surface area contributed by atoms with Crippen molar-refractivity contribution in [2.75, 3.05) is 0 Å². The summed E-state index contributed by atoms with van der Waals surface area (Å²) in [5, 5.41) is 8.63. The number of rotatable bonds is 2. The fraction of sp³-hybridized carbons (Fsp3) is 0.250. The predicted octanol–water partition coefficient (Wildman–Crippen LogP) is 4.98. The summed E-state index contributed by atoms with van der Waals surface area (Å²) in [6.45, 7) is 4.23. The normalized spacial score (nSPS) is 9.74. The molecule has 0 spiro atoms. The van der Waals surface area contributed by atoms with Gasteiger partial charge in [0.15, 0.2) is 0 Å². The predicted molar refractivity (Wildman–Crippen MR) is 85.5 cm³/mol. The minimum Gasteiger partial charge on any atom is -0.392 e. The van der Waals surface area contributed by atoms with Crippen LogP contribution < -0.4 is 0 Å². The zero-order valence-corrected chi connectivity index (χ0v) is 13.5. The summed E-state index contributed by atoms with van der Waals surface area (Å²) in [4.78, 5) is 0. The Morgan fingerprint density at radius 2 is 1.58 bits per heavy atom. The summed E-state index contributed by atoms with van der Waals surface area (Å²) in [5.41, 5.74) is 4.60. The second-order valence-electron chi connectivity index (χ2n) is 4.37. The number of hydrogen-bond acceptors (Lipinski definition) is 1. The molecule has 0 radical (unpaired) electrons. The van der Waals surface area contributed by atoms with Crippen molar-refractivity contribution in [1.82, 2.24) is 0 Å². The molecule has 2 rings (SSSR count). The molecule has 0 saturated carbocycles. The summed E-state index contributed by atoms with van der Waals surface area (Å²) in [5.74, 6) is 0.570. The van der Waals surface area contributed by atoms with Crippen molar-refractivity contribution >= 4 is 27.5 Å². The molecule has 0 aliphatic heterocycles. The Kier molecular flexibility index (Phi) is 7.14. The highest BCUT2D eigenvalue weighted by Crippen LogP contribution is 2.19. The molecule has 0 saturated heterocycles. The Hall–Kier alpha value is -0.830. The van der Waals surface area contributed by atoms with Gasteiger partial charge >= 0.3 is 0 Å². The van der Waals surface area contributed by atoms with Crippen LogP contribution in [0.25, 0.3) is 0 Å². The Morgan fingerprint density at radius 1 is 1.00 bits per heavy atom. The van der Waals surface area contributed by atoms with E-state index >= 15 is 0 Å². The van der Waals surface area contributed by atoms with Gasteiger partial charge in [0.25, 0.3) is 0 Å². The topological polar surface area (TPSA) is 20.2 Å². The summed E-state index contributed by atoms with van der Waals surface area (Å²) in [6.07, 6.45) is 0. The molecule has 0 fully saturated rings. The van der Waals surface area contributed by atoms with E-state index in [1.54, 1.807) is 0 Å². The molecule has 0 amide bonds. The standard InChI is InChI=1S/C8H8BrCl.C8H10O/c1-6-2-3-7(5-10)8(9)4-6;1-7-2-4-8(6-9)5-3-7/h2-4H,5H2,1H3;2-5,9H,6H2,1H3. The molecule has 2 aromatic rings. The smallest absolute Gasteiger partial charge is 0.0681 e. The van der Waals surface area contributed by atoms with Crippen molar-refractivity contribution in [2.45, 2.75) is 26.3 Å². The molecule has 0 atom stereocenters. The van der Waals surface area contributed by atoms with Crippen LogP contribution in [0.2, 0.25) is 0 Å². The maximum absolute atomic E-state index is 8.63. The highest BCUT2D eigenvalue weighted by molar-refractivity contribution is 9.10. The minimum atomic E-state index is 0.139. The molecule has 19 heavy (non-hydrogen) atoms. The third-order valence-electron chi connectivity index (χ3n) is 2.66. The highest BCUT2D eigenvalue weighted by Gasteiger charge is 1.96. The average molecular weight is 342 g/mol. The maximum atomic E-state index is 8.63. The van der Waals surface area contributed by atoms with Gasteiger partial charge in [0.05, 0.1) is 6.61 Å². The zero-order valence-electron chi connectivity index (χ0n) is 11.2. The number of hydrogen-bond donors (Lipinski definition) is 1. The van der Waals surface area contributed by atoms with Gasteiger partial charge in [-0.15, -0.1) is 11.6 Å². The monoisotopic (exact) mass is 340 g/mol. The van der Waals surface area contributed by atoms with Crippen molar-refractivity contribution in [1.29, 1.82) is 0 Å². The molecule has 102 valence electrons. The van der Waals surface area contributed by atoms with E-state index in [0.717, 1.165) is 15.6 Å². The average Bonchev–Trinajstić information content (AvgIpc) is 2.40. The van der Waals surface area contributed by atoms with Crippen molar-refractivity contribution in [3.05, 3.63) is 69.2 Å². The van der Waals surface area contributed by atoms with E-state index in [2.05, 4.69) is 35.0 Å². The molecule has 1 nitrogen and oxygen atoms in total. The Labute approximate surface area is 128 Å². The van der Waals surface area contributed by atoms with Gasteiger partial charge in [-0.1, -0.05) is 57.9 Å². The first kappa shape index (κ1) is 16.2. The third-order valence-corrected chi connectivity index (χ3v) is 3.68. The van der Waals surface area contributed by atoms with Crippen LogP contribution in [0.15, 0.2) is 46.9 Å². The lowest BCUT2D eigenvalue weighted by atomic mass is 10.2. The first-order valence-electron chi connectivity index (χ1n) is 6.04. The van der Waals surface area contributed by atoms with Gasteiger partial charge in [-0.25, -0.2) is 0 Å². The van der Waals surface area contributed by atoms with Crippen molar-refractivity contribution in [3.63, 3.8) is 0 Å². The molecular formula is C16H18BrClO. The zero-order chi connectivity index (χ0) is 14.3. The molecule has 2 aromatic carbocycles. The molecule has 0 aliphatic rings. The van der Waals surface area contributed by atoms with Gasteiger partial charge in [0, 0.05) is 10.4 Å². The lowest BCUT2D eigenvalue weighted by Crippen LogP contribution is -1.80. The first-order chi connectivity index (χ1) is 9.06. The maximum Gasteiger partial charge on any atom is 0.0681 e. The summed E-state index contributed by atoms with van der Waals surface area (Å²) < 4.78 is 1.10. The summed E-state index contributed by atoms with van der Waals surface area (Å²) >= 11 is 9.08. The number of aliphatic hydroxyl groups is 1. The Bertz CT molecular complexity index is 509. The van der Waals surface area contributed by atoms with Crippen molar-refractivity contribution in [3.8, 4) is 0 Å². The van der Waals surface area contributed by atoms with E-state index in [9.17, 15) is 0 Å². The van der Waals surface area contributed by atoms with Crippen LogP contribution in [-0.4, -0.2) is 5.11 Å². The van der Waals surface area contributed by atoms with Crippen LogP contribution in [0.4, 0.5) is 0 Å². The van der Waals surface area contributed by atoms with Crippen molar-refractivity contribution in [2.24, 2.45) is 0 Å². The van der Waals surface area contributed by atoms with Gasteiger partial charge < -0.3 is 5.11 Å². The highest BCUT2D eigenvalue weighted by atomic mass is 79.9. The minimum absolute atomic E-state index is 0.139. The third kappa shape index (κ3) is 5.77. The number of alkyl halides is 1. The van der Waals surface area contributed by atoms with E-state index in [1.807, 2.05) is 37.3 Å². The molecule has 1 N–H and O–H groups in total. The van der Waals surface area contributed by atoms with Crippen molar-refractivity contribution < 1.29 is 5.11 Å². The van der Waals surface area contributed by atoms with Gasteiger partial charge in [-0.05, 0) is 36.6 Å². The molecule has 0 heterocycles. The molecule has 0 aromatic heterocycles. The molecular weight excluding hydrogens is 324 g/mol. The Morgan fingerprint density at radius 3 is 2.05 bits per heavy atom. The number of halogens is 2. The number of benzene rings is 2. The summed E-state index contributed by atoms with van der Waals surface area (Å²) in [6, 6.07) is 14.0. The van der Waals surface area contributed by atoms with Crippen LogP contribution in [-0.2, 0) is 12.5 Å². The van der Waals surface area contributed by atoms with E-state index in [0.29, 0.717) is 5.88 Å². The molecule has 0 unspecified atom stereocenters. The molecule has 3 heteroatoms. The SMILES string of the molecule is Cc1ccc(CCl)c(Br)c1.Cc1ccc(CO)cc1. The van der Waals surface area contributed by atoms with Crippen LogP contribution in [0.5, 0.6) is 0 Å². The van der Waals surface area contributed by atoms with E-state index in [4.69, 9.17) is 16.7 Å².